The number of H-pyrrole nitrogens is 1. The number of esters is 1. The molecular weight excluding hydrogens is 263 g/mol. The molecule has 0 aliphatic carbocycles. The fourth-order valence-corrected chi connectivity index (χ4v) is 1.42. The first-order valence-electron chi connectivity index (χ1n) is 5.09. The van der Waals surface area contributed by atoms with Gasteiger partial charge in [0.05, 0.1) is 24.1 Å². The SMILES string of the molecule is COC(=O)c1ccnc(-c2cc(C(F)(F)F)n[nH]2)c1. The molecular formula is C11H8F3N3O2. The van der Waals surface area contributed by atoms with Crippen molar-refractivity contribution in [3.05, 3.63) is 35.7 Å². The summed E-state index contributed by atoms with van der Waals surface area (Å²) in [6, 6.07) is 3.54. The van der Waals surface area contributed by atoms with Gasteiger partial charge in [0.25, 0.3) is 0 Å². The number of hydrogen-bond acceptors (Lipinski definition) is 4. The van der Waals surface area contributed by atoms with Crippen molar-refractivity contribution < 1.29 is 22.7 Å². The van der Waals surface area contributed by atoms with Crippen LogP contribution in [-0.4, -0.2) is 28.3 Å². The van der Waals surface area contributed by atoms with Gasteiger partial charge in [0.15, 0.2) is 5.69 Å². The van der Waals surface area contributed by atoms with Crippen molar-refractivity contribution in [1.82, 2.24) is 15.2 Å². The lowest BCUT2D eigenvalue weighted by Gasteiger charge is -2.01. The number of hydrogen-bond donors (Lipinski definition) is 1. The van der Waals surface area contributed by atoms with E-state index in [2.05, 4.69) is 19.9 Å². The number of nitrogens with one attached hydrogen (secondary N) is 1. The molecule has 0 saturated carbocycles. The van der Waals surface area contributed by atoms with Crippen LogP contribution in [0.15, 0.2) is 24.4 Å². The Morgan fingerprint density at radius 2 is 2.11 bits per heavy atom. The number of carbonyl (C=O) groups excluding carboxylic acids is 1. The predicted octanol–water partition coefficient (Wildman–Crippen LogP) is 2.28. The minimum atomic E-state index is -4.53. The second-order valence-electron chi connectivity index (χ2n) is 3.59. The maximum absolute atomic E-state index is 12.4. The Balaban J connectivity index is 2.37. The average molecular weight is 271 g/mol. The second kappa shape index (κ2) is 4.71. The van der Waals surface area contributed by atoms with E-state index in [1.807, 2.05) is 0 Å². The van der Waals surface area contributed by atoms with Crippen molar-refractivity contribution in [3.8, 4) is 11.4 Å². The molecule has 0 spiro atoms. The molecule has 5 nitrogen and oxygen atoms in total. The van der Waals surface area contributed by atoms with Crippen molar-refractivity contribution in [3.63, 3.8) is 0 Å². The van der Waals surface area contributed by atoms with Crippen LogP contribution in [0.3, 0.4) is 0 Å². The molecule has 0 atom stereocenters. The number of carbonyl (C=O) groups is 1. The number of halogens is 3. The van der Waals surface area contributed by atoms with Gasteiger partial charge in [-0.2, -0.15) is 18.3 Å². The molecule has 100 valence electrons. The highest BCUT2D eigenvalue weighted by Gasteiger charge is 2.34. The van der Waals surface area contributed by atoms with Crippen LogP contribution in [-0.2, 0) is 10.9 Å². The third kappa shape index (κ3) is 2.72. The molecule has 0 fully saturated rings. The number of ether oxygens (including phenoxy) is 1. The van der Waals surface area contributed by atoms with Crippen LogP contribution in [0.1, 0.15) is 16.1 Å². The monoisotopic (exact) mass is 271 g/mol. The van der Waals surface area contributed by atoms with E-state index >= 15 is 0 Å². The lowest BCUT2D eigenvalue weighted by molar-refractivity contribution is -0.141. The number of pyridine rings is 1. The Morgan fingerprint density at radius 3 is 2.68 bits per heavy atom. The van der Waals surface area contributed by atoms with Gasteiger partial charge >= 0.3 is 12.1 Å². The molecule has 0 bridgehead atoms. The molecule has 2 rings (SSSR count). The summed E-state index contributed by atoms with van der Waals surface area (Å²) in [5.74, 6) is -0.598. The minimum Gasteiger partial charge on any atom is -0.465 e. The second-order valence-corrected chi connectivity index (χ2v) is 3.59. The van der Waals surface area contributed by atoms with Gasteiger partial charge in [0.2, 0.25) is 0 Å². The highest BCUT2D eigenvalue weighted by atomic mass is 19.4. The van der Waals surface area contributed by atoms with Gasteiger partial charge in [-0.3, -0.25) is 10.1 Å². The van der Waals surface area contributed by atoms with E-state index in [9.17, 15) is 18.0 Å². The van der Waals surface area contributed by atoms with Crippen LogP contribution in [0.4, 0.5) is 13.2 Å². The summed E-state index contributed by atoms with van der Waals surface area (Å²) in [4.78, 5) is 15.2. The maximum Gasteiger partial charge on any atom is 0.435 e. The Morgan fingerprint density at radius 1 is 1.37 bits per heavy atom. The lowest BCUT2D eigenvalue weighted by Crippen LogP contribution is -2.04. The first kappa shape index (κ1) is 13.1. The number of rotatable bonds is 2. The number of nitrogens with zero attached hydrogens (tertiary/aromatic N) is 2. The Hall–Kier alpha value is -2.38. The van der Waals surface area contributed by atoms with Crippen LogP contribution in [0.5, 0.6) is 0 Å². The fraction of sp³-hybridized carbons (Fsp3) is 0.182. The third-order valence-electron chi connectivity index (χ3n) is 2.33. The Labute approximate surface area is 105 Å². The van der Waals surface area contributed by atoms with Gasteiger partial charge in [0, 0.05) is 6.20 Å². The summed E-state index contributed by atoms with van der Waals surface area (Å²) in [7, 11) is 1.21. The van der Waals surface area contributed by atoms with E-state index in [-0.39, 0.29) is 17.0 Å². The molecule has 0 aliphatic heterocycles. The van der Waals surface area contributed by atoms with Crippen molar-refractivity contribution in [2.24, 2.45) is 0 Å². The molecule has 0 unspecified atom stereocenters. The summed E-state index contributed by atoms with van der Waals surface area (Å²) in [6.45, 7) is 0. The first-order chi connectivity index (χ1) is 8.91. The molecule has 8 heteroatoms. The van der Waals surface area contributed by atoms with E-state index < -0.39 is 17.8 Å². The zero-order valence-corrected chi connectivity index (χ0v) is 9.65. The van der Waals surface area contributed by atoms with Crippen LogP contribution in [0.2, 0.25) is 0 Å². The lowest BCUT2D eigenvalue weighted by atomic mass is 10.2. The highest BCUT2D eigenvalue weighted by molar-refractivity contribution is 5.90. The number of aromatic nitrogens is 3. The van der Waals surface area contributed by atoms with Crippen molar-refractivity contribution >= 4 is 5.97 Å². The van der Waals surface area contributed by atoms with Gasteiger partial charge in [-0.1, -0.05) is 0 Å². The molecule has 0 amide bonds. The highest BCUT2D eigenvalue weighted by Crippen LogP contribution is 2.29. The van der Waals surface area contributed by atoms with E-state index in [1.165, 1.54) is 25.4 Å². The third-order valence-corrected chi connectivity index (χ3v) is 2.33. The van der Waals surface area contributed by atoms with Crippen LogP contribution >= 0.6 is 0 Å². The number of methoxy groups -OCH3 is 1. The van der Waals surface area contributed by atoms with Crippen LogP contribution in [0.25, 0.3) is 11.4 Å². The maximum atomic E-state index is 12.4. The summed E-state index contributed by atoms with van der Waals surface area (Å²) < 4.78 is 41.7. The minimum absolute atomic E-state index is 0.0677. The van der Waals surface area contributed by atoms with Gasteiger partial charge in [-0.05, 0) is 18.2 Å². The summed E-state index contributed by atoms with van der Waals surface area (Å²) in [5.41, 5.74) is -0.618. The largest absolute Gasteiger partial charge is 0.465 e. The topological polar surface area (TPSA) is 67.9 Å². The zero-order valence-electron chi connectivity index (χ0n) is 9.65. The molecule has 0 aromatic carbocycles. The molecule has 2 heterocycles. The van der Waals surface area contributed by atoms with E-state index in [0.29, 0.717) is 0 Å². The normalized spacial score (nSPS) is 11.4. The average Bonchev–Trinajstić information content (AvgIpc) is 2.87. The van der Waals surface area contributed by atoms with Gasteiger partial charge < -0.3 is 4.74 Å². The van der Waals surface area contributed by atoms with Crippen LogP contribution in [0, 0.1) is 0 Å². The van der Waals surface area contributed by atoms with E-state index in [4.69, 9.17) is 0 Å². The quantitative estimate of drug-likeness (QED) is 0.851. The number of aromatic amines is 1. The molecule has 1 N–H and O–H groups in total. The van der Waals surface area contributed by atoms with Gasteiger partial charge in [-0.25, -0.2) is 4.79 Å². The van der Waals surface area contributed by atoms with Crippen molar-refractivity contribution in [2.75, 3.05) is 7.11 Å². The summed E-state index contributed by atoms with van der Waals surface area (Å²) in [6.07, 6.45) is -3.23. The molecule has 2 aromatic heterocycles. The van der Waals surface area contributed by atoms with Crippen molar-refractivity contribution in [1.29, 1.82) is 0 Å². The van der Waals surface area contributed by atoms with E-state index in [0.717, 1.165) is 6.07 Å². The van der Waals surface area contributed by atoms with Gasteiger partial charge in [-0.15, -0.1) is 0 Å². The molecule has 0 aliphatic rings. The summed E-state index contributed by atoms with van der Waals surface area (Å²) >= 11 is 0. The molecule has 2 aromatic rings. The predicted molar refractivity (Wildman–Crippen MR) is 58.2 cm³/mol. The molecule has 0 saturated heterocycles. The molecule has 0 radical (unpaired) electrons. The first-order valence-corrected chi connectivity index (χ1v) is 5.09. The fourth-order valence-electron chi connectivity index (χ4n) is 1.42. The van der Waals surface area contributed by atoms with Gasteiger partial charge in [0.1, 0.15) is 0 Å². The number of alkyl halides is 3. The standard InChI is InChI=1S/C11H8F3N3O2/c1-19-10(18)6-2-3-15-7(4-6)8-5-9(17-16-8)11(12,13)14/h2-5H,1H3,(H,16,17). The smallest absolute Gasteiger partial charge is 0.435 e. The Bertz CT molecular complexity index is 607. The van der Waals surface area contributed by atoms with E-state index in [1.54, 1.807) is 0 Å². The zero-order chi connectivity index (χ0) is 14.0. The van der Waals surface area contributed by atoms with Crippen LogP contribution < -0.4 is 0 Å². The van der Waals surface area contributed by atoms with Crippen molar-refractivity contribution in [2.45, 2.75) is 6.18 Å². The Kier molecular flexibility index (Phi) is 3.24. The molecule has 19 heavy (non-hydrogen) atoms. The summed E-state index contributed by atoms with van der Waals surface area (Å²) in [5, 5.41) is 5.38.